The zero-order valence-corrected chi connectivity index (χ0v) is 12.3. The minimum atomic E-state index is -0.907. The molecule has 21 heavy (non-hydrogen) atoms. The van der Waals surface area contributed by atoms with Crippen molar-refractivity contribution in [1.82, 2.24) is 9.80 Å². The molecule has 1 aliphatic heterocycles. The van der Waals surface area contributed by atoms with Gasteiger partial charge in [-0.25, -0.2) is 4.79 Å². The van der Waals surface area contributed by atoms with Gasteiger partial charge in [0.05, 0.1) is 12.3 Å². The summed E-state index contributed by atoms with van der Waals surface area (Å²) in [6.07, 6.45) is 3.25. The highest BCUT2D eigenvalue weighted by atomic mass is 16.4. The molecule has 7 heteroatoms. The molecule has 0 spiro atoms. The maximum absolute atomic E-state index is 12.7. The van der Waals surface area contributed by atoms with E-state index in [1.54, 1.807) is 9.80 Å². The Balaban J connectivity index is 2.03. The van der Waals surface area contributed by atoms with Crippen LogP contribution in [-0.4, -0.2) is 58.0 Å². The summed E-state index contributed by atoms with van der Waals surface area (Å²) in [5, 5.41) is 8.81. The van der Waals surface area contributed by atoms with E-state index in [0.717, 1.165) is 19.3 Å². The molecule has 2 unspecified atom stereocenters. The van der Waals surface area contributed by atoms with Crippen LogP contribution >= 0.6 is 0 Å². The quantitative estimate of drug-likeness (QED) is 0.776. The van der Waals surface area contributed by atoms with Crippen molar-refractivity contribution in [2.24, 2.45) is 11.7 Å². The van der Waals surface area contributed by atoms with Crippen LogP contribution in [0.5, 0.6) is 0 Å². The predicted molar refractivity (Wildman–Crippen MR) is 75.5 cm³/mol. The van der Waals surface area contributed by atoms with Gasteiger partial charge in [-0.05, 0) is 32.6 Å². The largest absolute Gasteiger partial charge is 0.481 e. The van der Waals surface area contributed by atoms with Crippen molar-refractivity contribution in [3.8, 4) is 0 Å². The monoisotopic (exact) mass is 297 g/mol. The molecular weight excluding hydrogens is 274 g/mol. The highest BCUT2D eigenvalue weighted by Crippen LogP contribution is 2.30. The van der Waals surface area contributed by atoms with Crippen LogP contribution in [0.25, 0.3) is 0 Å². The van der Waals surface area contributed by atoms with Gasteiger partial charge < -0.3 is 20.6 Å². The van der Waals surface area contributed by atoms with Gasteiger partial charge in [-0.2, -0.15) is 0 Å². The molecule has 2 fully saturated rings. The van der Waals surface area contributed by atoms with Crippen molar-refractivity contribution in [2.45, 2.75) is 51.1 Å². The van der Waals surface area contributed by atoms with E-state index in [4.69, 9.17) is 10.8 Å². The van der Waals surface area contributed by atoms with Crippen LogP contribution in [0, 0.1) is 5.92 Å². The van der Waals surface area contributed by atoms with Crippen molar-refractivity contribution in [1.29, 1.82) is 0 Å². The summed E-state index contributed by atoms with van der Waals surface area (Å²) in [6, 6.07) is 0.0504. The van der Waals surface area contributed by atoms with Crippen LogP contribution in [-0.2, 0) is 9.59 Å². The Hall–Kier alpha value is -1.79. The molecule has 0 aromatic rings. The lowest BCUT2D eigenvalue weighted by atomic mass is 9.93. The van der Waals surface area contributed by atoms with Crippen LogP contribution in [0.15, 0.2) is 0 Å². The summed E-state index contributed by atoms with van der Waals surface area (Å²) in [6.45, 7) is 2.52. The van der Waals surface area contributed by atoms with Gasteiger partial charge in [0.15, 0.2) is 0 Å². The van der Waals surface area contributed by atoms with Crippen molar-refractivity contribution >= 4 is 17.9 Å². The maximum Gasteiger partial charge on any atom is 0.320 e. The Labute approximate surface area is 124 Å². The number of primary amides is 1. The van der Waals surface area contributed by atoms with Crippen LogP contribution in [0.1, 0.15) is 39.0 Å². The Kier molecular flexibility index (Phi) is 4.69. The van der Waals surface area contributed by atoms with Crippen molar-refractivity contribution < 1.29 is 19.5 Å². The average Bonchev–Trinajstić information content (AvgIpc) is 3.23. The van der Waals surface area contributed by atoms with E-state index in [9.17, 15) is 14.4 Å². The average molecular weight is 297 g/mol. The first-order valence-corrected chi connectivity index (χ1v) is 7.48. The van der Waals surface area contributed by atoms with E-state index >= 15 is 0 Å². The molecule has 2 atom stereocenters. The smallest absolute Gasteiger partial charge is 0.320 e. The zero-order chi connectivity index (χ0) is 15.6. The molecule has 0 radical (unpaired) electrons. The minimum absolute atomic E-state index is 0.0519. The number of hydrogen-bond acceptors (Lipinski definition) is 3. The number of piperidine rings is 1. The fraction of sp³-hybridized carbons (Fsp3) is 0.786. The van der Waals surface area contributed by atoms with Gasteiger partial charge >= 0.3 is 12.0 Å². The number of amides is 3. The second kappa shape index (κ2) is 6.32. The Bertz CT molecular complexity index is 436. The number of rotatable bonds is 5. The van der Waals surface area contributed by atoms with Gasteiger partial charge in [0.2, 0.25) is 5.91 Å². The van der Waals surface area contributed by atoms with Crippen LogP contribution < -0.4 is 5.73 Å². The first-order valence-electron chi connectivity index (χ1n) is 7.48. The number of urea groups is 1. The van der Waals surface area contributed by atoms with E-state index in [1.807, 2.05) is 6.92 Å². The first-order chi connectivity index (χ1) is 9.90. The lowest BCUT2D eigenvalue weighted by molar-refractivity contribution is -0.137. The van der Waals surface area contributed by atoms with E-state index in [2.05, 4.69) is 0 Å². The number of carboxylic acids is 1. The summed E-state index contributed by atoms with van der Waals surface area (Å²) in [7, 11) is 0. The summed E-state index contributed by atoms with van der Waals surface area (Å²) in [4.78, 5) is 38.1. The molecule has 1 heterocycles. The molecule has 118 valence electrons. The van der Waals surface area contributed by atoms with Crippen molar-refractivity contribution in [2.75, 3.05) is 13.1 Å². The fourth-order valence-corrected chi connectivity index (χ4v) is 2.81. The molecule has 3 N–H and O–H groups in total. The summed E-state index contributed by atoms with van der Waals surface area (Å²) < 4.78 is 0. The molecule has 2 aliphatic rings. The summed E-state index contributed by atoms with van der Waals surface area (Å²) in [5.74, 6) is -1.58. The summed E-state index contributed by atoms with van der Waals surface area (Å²) in [5.41, 5.74) is 5.35. The van der Waals surface area contributed by atoms with E-state index in [1.165, 1.54) is 0 Å². The topological polar surface area (TPSA) is 104 Å². The number of carbonyl (C=O) groups is 3. The molecule has 3 amide bonds. The third kappa shape index (κ3) is 3.86. The van der Waals surface area contributed by atoms with Crippen LogP contribution in [0.4, 0.5) is 4.79 Å². The zero-order valence-electron chi connectivity index (χ0n) is 12.3. The standard InChI is InChI=1S/C14H23N3O4/c1-9-2-3-10(13(15)20)8-17(9)14(21)16(11-4-5-11)7-6-12(18)19/h9-11H,2-8H2,1H3,(H2,15,20)(H,18,19). The molecule has 2 rings (SSSR count). The predicted octanol–water partition coefficient (Wildman–Crippen LogP) is 0.631. The summed E-state index contributed by atoms with van der Waals surface area (Å²) >= 11 is 0. The van der Waals surface area contributed by atoms with Gasteiger partial charge in [0.25, 0.3) is 0 Å². The molecule has 7 nitrogen and oxygen atoms in total. The second-order valence-electron chi connectivity index (χ2n) is 6.03. The van der Waals surface area contributed by atoms with Gasteiger partial charge in [0.1, 0.15) is 0 Å². The second-order valence-corrected chi connectivity index (χ2v) is 6.03. The first kappa shape index (κ1) is 15.6. The Morgan fingerprint density at radius 3 is 2.43 bits per heavy atom. The fourth-order valence-electron chi connectivity index (χ4n) is 2.81. The molecular formula is C14H23N3O4. The molecule has 1 saturated carbocycles. The van der Waals surface area contributed by atoms with Crippen LogP contribution in [0.2, 0.25) is 0 Å². The van der Waals surface area contributed by atoms with Gasteiger partial charge in [-0.3, -0.25) is 9.59 Å². The molecule has 0 bridgehead atoms. The lowest BCUT2D eigenvalue weighted by Gasteiger charge is -2.40. The third-order valence-electron chi connectivity index (χ3n) is 4.33. The van der Waals surface area contributed by atoms with Crippen LogP contribution in [0.3, 0.4) is 0 Å². The Morgan fingerprint density at radius 1 is 1.24 bits per heavy atom. The molecule has 1 aliphatic carbocycles. The SMILES string of the molecule is CC1CCC(C(N)=O)CN1C(=O)N(CCC(=O)O)C1CC1. The number of likely N-dealkylation sites (tertiary alicyclic amines) is 1. The number of nitrogens with zero attached hydrogens (tertiary/aromatic N) is 2. The molecule has 1 saturated heterocycles. The van der Waals surface area contributed by atoms with Gasteiger partial charge in [-0.1, -0.05) is 0 Å². The number of nitrogens with two attached hydrogens (primary N) is 1. The third-order valence-corrected chi connectivity index (χ3v) is 4.33. The van der Waals surface area contributed by atoms with E-state index in [0.29, 0.717) is 13.0 Å². The maximum atomic E-state index is 12.7. The highest BCUT2D eigenvalue weighted by molar-refractivity contribution is 5.80. The normalized spacial score (nSPS) is 25.5. The highest BCUT2D eigenvalue weighted by Gasteiger charge is 2.39. The van der Waals surface area contributed by atoms with Crippen molar-refractivity contribution in [3.05, 3.63) is 0 Å². The van der Waals surface area contributed by atoms with Gasteiger partial charge in [0, 0.05) is 25.2 Å². The van der Waals surface area contributed by atoms with Gasteiger partial charge in [-0.15, -0.1) is 0 Å². The molecule has 0 aromatic carbocycles. The molecule has 0 aromatic heterocycles. The number of carboxylic acid groups (broad SMARTS) is 1. The number of hydrogen-bond donors (Lipinski definition) is 2. The van der Waals surface area contributed by atoms with Crippen molar-refractivity contribution in [3.63, 3.8) is 0 Å². The Morgan fingerprint density at radius 2 is 1.90 bits per heavy atom. The van der Waals surface area contributed by atoms with E-state index < -0.39 is 5.97 Å². The minimum Gasteiger partial charge on any atom is -0.481 e. The lowest BCUT2D eigenvalue weighted by Crippen LogP contribution is -2.54. The van der Waals surface area contributed by atoms with E-state index in [-0.39, 0.29) is 42.9 Å². The number of aliphatic carboxylic acids is 1. The number of carbonyl (C=O) groups excluding carboxylic acids is 2.